The van der Waals surface area contributed by atoms with Gasteiger partial charge in [-0.2, -0.15) is 0 Å². The molecule has 0 atom stereocenters. The highest BCUT2D eigenvalue weighted by molar-refractivity contribution is 7.90. The summed E-state index contributed by atoms with van der Waals surface area (Å²) in [6.07, 6.45) is 2.35. The maximum absolute atomic E-state index is 12.0. The maximum atomic E-state index is 12.0. The Hall–Kier alpha value is -3.33. The molecule has 0 saturated heterocycles. The van der Waals surface area contributed by atoms with Crippen molar-refractivity contribution in [1.82, 2.24) is 0 Å². The van der Waals surface area contributed by atoms with Gasteiger partial charge in [-0.15, -0.1) is 0 Å². The molecular weight excluding hydrogens is 386 g/mol. The summed E-state index contributed by atoms with van der Waals surface area (Å²) in [6, 6.07) is 10.3. The molecule has 0 unspecified atom stereocenters. The van der Waals surface area contributed by atoms with Gasteiger partial charge >= 0.3 is 5.97 Å². The van der Waals surface area contributed by atoms with Crippen LogP contribution in [-0.4, -0.2) is 38.3 Å². The Morgan fingerprint density at radius 1 is 1.18 bits per heavy atom. The van der Waals surface area contributed by atoms with E-state index in [0.29, 0.717) is 16.5 Å². The van der Waals surface area contributed by atoms with E-state index in [4.69, 9.17) is 9.15 Å². The molecule has 0 aliphatic heterocycles. The number of phenols is 1. The number of fused-ring (bicyclic) bond motifs is 1. The molecule has 0 spiro atoms. The molecule has 0 fully saturated rings. The van der Waals surface area contributed by atoms with Crippen LogP contribution in [0.5, 0.6) is 5.75 Å². The number of esters is 1. The Balaban J connectivity index is 1.56. The summed E-state index contributed by atoms with van der Waals surface area (Å²) in [4.78, 5) is 24.0. The summed E-state index contributed by atoms with van der Waals surface area (Å²) in [7, 11) is -3.40. The zero-order valence-electron chi connectivity index (χ0n) is 14.8. The third-order valence-electron chi connectivity index (χ3n) is 3.88. The number of amides is 1. The number of benzene rings is 2. The second-order valence-corrected chi connectivity index (χ2v) is 8.14. The topological polar surface area (TPSA) is 123 Å². The van der Waals surface area contributed by atoms with Crippen LogP contribution in [0.4, 0.5) is 5.69 Å². The average molecular weight is 403 g/mol. The van der Waals surface area contributed by atoms with E-state index in [2.05, 4.69) is 5.32 Å². The van der Waals surface area contributed by atoms with Gasteiger partial charge in [0.2, 0.25) is 0 Å². The molecule has 3 rings (SSSR count). The molecule has 0 radical (unpaired) electrons. The predicted molar refractivity (Wildman–Crippen MR) is 101 cm³/mol. The fraction of sp³-hybridized carbons (Fsp3) is 0.158. The number of carbonyl (C=O) groups excluding carboxylic acids is 2. The molecule has 146 valence electrons. The van der Waals surface area contributed by atoms with Gasteiger partial charge in [0.15, 0.2) is 16.4 Å². The van der Waals surface area contributed by atoms with Crippen molar-refractivity contribution in [2.45, 2.75) is 11.3 Å². The highest BCUT2D eigenvalue weighted by atomic mass is 32.2. The number of furan rings is 1. The molecule has 8 nitrogen and oxygen atoms in total. The van der Waals surface area contributed by atoms with Gasteiger partial charge in [0.1, 0.15) is 11.3 Å². The van der Waals surface area contributed by atoms with Crippen molar-refractivity contribution >= 4 is 38.4 Å². The van der Waals surface area contributed by atoms with Gasteiger partial charge in [-0.3, -0.25) is 9.59 Å². The number of rotatable bonds is 6. The zero-order chi connectivity index (χ0) is 20.3. The van der Waals surface area contributed by atoms with Gasteiger partial charge in [0.05, 0.1) is 17.6 Å². The fourth-order valence-corrected chi connectivity index (χ4v) is 3.23. The number of nitrogens with one attached hydrogen (secondary N) is 1. The van der Waals surface area contributed by atoms with Crippen LogP contribution in [0.25, 0.3) is 11.0 Å². The van der Waals surface area contributed by atoms with Gasteiger partial charge in [-0.05, 0) is 30.3 Å². The quantitative estimate of drug-likeness (QED) is 0.605. The van der Waals surface area contributed by atoms with Crippen molar-refractivity contribution in [2.24, 2.45) is 0 Å². The molecule has 1 heterocycles. The number of ether oxygens (including phenoxy) is 1. The lowest BCUT2D eigenvalue weighted by Gasteiger charge is -2.07. The number of phenolic OH excluding ortho intramolecular Hbond substituents is 1. The van der Waals surface area contributed by atoms with E-state index in [9.17, 15) is 23.1 Å². The molecule has 9 heteroatoms. The summed E-state index contributed by atoms with van der Waals surface area (Å²) in [6.45, 7) is -0.515. The van der Waals surface area contributed by atoms with Crippen LogP contribution in [0.3, 0.4) is 0 Å². The SMILES string of the molecule is CS(=O)(=O)c1cccc(NC(=O)COC(=O)Cc2coc3cc(O)ccc23)c1. The maximum Gasteiger partial charge on any atom is 0.310 e. The van der Waals surface area contributed by atoms with Crippen molar-refractivity contribution < 1.29 is 32.3 Å². The number of hydrogen-bond donors (Lipinski definition) is 2. The van der Waals surface area contributed by atoms with Crippen molar-refractivity contribution in [2.75, 3.05) is 18.2 Å². The van der Waals surface area contributed by atoms with E-state index in [1.54, 1.807) is 6.07 Å². The lowest BCUT2D eigenvalue weighted by Crippen LogP contribution is -2.21. The summed E-state index contributed by atoms with van der Waals surface area (Å²) >= 11 is 0. The average Bonchev–Trinajstić information content (AvgIpc) is 3.01. The number of sulfone groups is 1. The van der Waals surface area contributed by atoms with Crippen molar-refractivity contribution in [3.8, 4) is 5.75 Å². The van der Waals surface area contributed by atoms with Crippen LogP contribution < -0.4 is 5.32 Å². The van der Waals surface area contributed by atoms with E-state index in [1.807, 2.05) is 0 Å². The van der Waals surface area contributed by atoms with Crippen LogP contribution in [0.2, 0.25) is 0 Å². The molecule has 0 bridgehead atoms. The summed E-state index contributed by atoms with van der Waals surface area (Å²) in [5, 5.41) is 12.6. The summed E-state index contributed by atoms with van der Waals surface area (Å²) in [5.74, 6) is -1.18. The molecule has 3 aromatic rings. The van der Waals surface area contributed by atoms with Gasteiger partial charge in [0.25, 0.3) is 5.91 Å². The lowest BCUT2D eigenvalue weighted by molar-refractivity contribution is -0.146. The first kappa shape index (κ1) is 19.4. The standard InChI is InChI=1S/C19H17NO7S/c1-28(24,25)15-4-2-3-13(8-15)20-18(22)11-27-19(23)7-12-10-26-17-9-14(21)5-6-16(12)17/h2-6,8-10,21H,7,11H2,1H3,(H,20,22). The van der Waals surface area contributed by atoms with E-state index in [1.165, 1.54) is 42.7 Å². The smallest absolute Gasteiger partial charge is 0.310 e. The number of carbonyl (C=O) groups is 2. The second-order valence-electron chi connectivity index (χ2n) is 6.13. The van der Waals surface area contributed by atoms with Gasteiger partial charge in [-0.1, -0.05) is 6.07 Å². The molecular formula is C19H17NO7S. The van der Waals surface area contributed by atoms with Crippen molar-refractivity contribution in [3.63, 3.8) is 0 Å². The Labute approximate surface area is 160 Å². The highest BCUT2D eigenvalue weighted by Crippen LogP contribution is 2.25. The van der Waals surface area contributed by atoms with E-state index in [-0.39, 0.29) is 22.8 Å². The molecule has 2 N–H and O–H groups in total. The molecule has 1 amide bonds. The molecule has 0 saturated carbocycles. The highest BCUT2D eigenvalue weighted by Gasteiger charge is 2.14. The first-order valence-electron chi connectivity index (χ1n) is 8.17. The minimum absolute atomic E-state index is 0.0487. The van der Waals surface area contributed by atoms with Crippen LogP contribution >= 0.6 is 0 Å². The molecule has 0 aliphatic rings. The molecule has 2 aromatic carbocycles. The van der Waals surface area contributed by atoms with Gasteiger partial charge in [-0.25, -0.2) is 8.42 Å². The largest absolute Gasteiger partial charge is 0.508 e. The lowest BCUT2D eigenvalue weighted by atomic mass is 10.1. The van der Waals surface area contributed by atoms with Crippen LogP contribution in [0.1, 0.15) is 5.56 Å². The first-order valence-corrected chi connectivity index (χ1v) is 10.1. The minimum Gasteiger partial charge on any atom is -0.508 e. The molecule has 1 aromatic heterocycles. The number of anilines is 1. The monoisotopic (exact) mass is 403 g/mol. The van der Waals surface area contributed by atoms with E-state index >= 15 is 0 Å². The van der Waals surface area contributed by atoms with Crippen LogP contribution in [-0.2, 0) is 30.6 Å². The Kier molecular flexibility index (Phi) is 5.36. The van der Waals surface area contributed by atoms with E-state index < -0.39 is 28.3 Å². The van der Waals surface area contributed by atoms with Crippen LogP contribution in [0.15, 0.2) is 58.0 Å². The predicted octanol–water partition coefficient (Wildman–Crippen LogP) is 2.27. The number of aromatic hydroxyl groups is 1. The second kappa shape index (κ2) is 7.73. The molecule has 0 aliphatic carbocycles. The van der Waals surface area contributed by atoms with Crippen LogP contribution in [0, 0.1) is 0 Å². The fourth-order valence-electron chi connectivity index (χ4n) is 2.56. The minimum atomic E-state index is -3.40. The summed E-state index contributed by atoms with van der Waals surface area (Å²) < 4.78 is 33.3. The Bertz CT molecular complexity index is 1150. The summed E-state index contributed by atoms with van der Waals surface area (Å²) in [5.41, 5.74) is 1.29. The Morgan fingerprint density at radius 2 is 1.96 bits per heavy atom. The number of hydrogen-bond acceptors (Lipinski definition) is 7. The van der Waals surface area contributed by atoms with E-state index in [0.717, 1.165) is 6.26 Å². The van der Waals surface area contributed by atoms with Gasteiger partial charge in [0, 0.05) is 29.0 Å². The van der Waals surface area contributed by atoms with Crippen molar-refractivity contribution in [1.29, 1.82) is 0 Å². The normalized spacial score (nSPS) is 11.3. The van der Waals surface area contributed by atoms with Gasteiger partial charge < -0.3 is 19.6 Å². The Morgan fingerprint density at radius 3 is 2.71 bits per heavy atom. The third kappa shape index (κ3) is 4.68. The van der Waals surface area contributed by atoms with Crippen molar-refractivity contribution in [3.05, 3.63) is 54.3 Å². The zero-order valence-corrected chi connectivity index (χ0v) is 15.7. The molecule has 28 heavy (non-hydrogen) atoms. The first-order chi connectivity index (χ1) is 13.2. The third-order valence-corrected chi connectivity index (χ3v) is 4.99.